The summed E-state index contributed by atoms with van der Waals surface area (Å²) in [6.07, 6.45) is 28.8. The zero-order chi connectivity index (χ0) is 110. The van der Waals surface area contributed by atoms with Crippen molar-refractivity contribution in [3.8, 4) is 0 Å². The number of aromatic nitrogens is 18. The summed E-state index contributed by atoms with van der Waals surface area (Å²) in [6.45, 7) is 80.7. The monoisotopic (exact) mass is 2010 g/mol. The fourth-order valence-corrected chi connectivity index (χ4v) is 23.5. The average molecular weight is 2010 g/mol. The molecule has 18 aromatic rings. The first-order valence-corrected chi connectivity index (χ1v) is 55.3. The fourth-order valence-electron chi connectivity index (χ4n) is 23.5. The first kappa shape index (κ1) is 118. The third kappa shape index (κ3) is 26.4. The highest BCUT2D eigenvalue weighted by atomic mass is 15.0. The molecule has 0 aromatic carbocycles. The number of rotatable bonds is 18. The molecular weight excluding hydrogens is 1830 g/mol. The maximum absolute atomic E-state index is 4.55. The zero-order valence-corrected chi connectivity index (χ0v) is 99.9. The minimum atomic E-state index is 0.482. The van der Waals surface area contributed by atoms with Crippen LogP contribution in [0, 0.1) is 0 Å². The molecule has 149 heavy (non-hydrogen) atoms. The Balaban J connectivity index is 0.000000171. The van der Waals surface area contributed by atoms with E-state index in [2.05, 4.69) is 484 Å². The van der Waals surface area contributed by atoms with Gasteiger partial charge < -0.3 is 18.3 Å². The van der Waals surface area contributed by atoms with Crippen LogP contribution in [0.5, 0.6) is 0 Å². The molecule has 0 saturated carbocycles. The van der Waals surface area contributed by atoms with Crippen molar-refractivity contribution < 1.29 is 22.8 Å². The molecule has 18 heteroatoms. The van der Waals surface area contributed by atoms with Crippen molar-refractivity contribution in [1.29, 1.82) is 0 Å². The van der Waals surface area contributed by atoms with Crippen LogP contribution < -0.4 is 22.8 Å². The first-order valence-electron chi connectivity index (χ1n) is 55.3. The van der Waals surface area contributed by atoms with Crippen molar-refractivity contribution in [3.63, 3.8) is 0 Å². The molecule has 0 aliphatic carbocycles. The third-order valence-electron chi connectivity index (χ3n) is 29.2. The van der Waals surface area contributed by atoms with Crippen LogP contribution in [0.2, 0.25) is 0 Å². The van der Waals surface area contributed by atoms with E-state index < -0.39 is 0 Å². The van der Waals surface area contributed by atoms with Gasteiger partial charge in [-0.25, -0.2) is 27.8 Å². The molecule has 794 valence electrons. The molecule has 0 fully saturated rings. The van der Waals surface area contributed by atoms with Crippen molar-refractivity contribution in [2.75, 3.05) is 0 Å². The zero-order valence-electron chi connectivity index (χ0n) is 99.9. The maximum atomic E-state index is 4.55. The van der Waals surface area contributed by atoms with E-state index in [0.29, 0.717) is 107 Å². The Bertz CT molecular complexity index is 6410. The van der Waals surface area contributed by atoms with E-state index in [9.17, 15) is 0 Å². The highest BCUT2D eigenvalue weighted by molar-refractivity contribution is 5.92. The van der Waals surface area contributed by atoms with Crippen molar-refractivity contribution >= 4 is 97.3 Å². The molecule has 0 saturated heterocycles. The predicted molar refractivity (Wildman–Crippen MR) is 631 cm³/mol. The third-order valence-corrected chi connectivity index (χ3v) is 29.2. The molecule has 0 bridgehead atoms. The van der Waals surface area contributed by atoms with Crippen LogP contribution in [0.1, 0.15) is 458 Å². The highest BCUT2D eigenvalue weighted by Crippen LogP contribution is 2.40. The van der Waals surface area contributed by atoms with Gasteiger partial charge in [-0.3, -0.25) is 39.9 Å². The van der Waals surface area contributed by atoms with Crippen molar-refractivity contribution in [2.24, 2.45) is 63.4 Å². The molecule has 18 rings (SSSR count). The Morgan fingerprint density at radius 2 is 0.389 bits per heavy atom. The van der Waals surface area contributed by atoms with Gasteiger partial charge in [0.05, 0.1) is 32.6 Å². The maximum Gasteiger partial charge on any atom is 0.210 e. The summed E-state index contributed by atoms with van der Waals surface area (Å²) in [6, 6.07) is 36.7. The van der Waals surface area contributed by atoms with Gasteiger partial charge in [-0.1, -0.05) is 255 Å². The van der Waals surface area contributed by atoms with E-state index in [1.807, 2.05) is 111 Å². The summed E-state index contributed by atoms with van der Waals surface area (Å²) in [7, 11) is 19.5. The van der Waals surface area contributed by atoms with E-state index in [1.165, 1.54) is 194 Å². The second kappa shape index (κ2) is 51.9. The van der Waals surface area contributed by atoms with Crippen LogP contribution >= 0.6 is 0 Å². The van der Waals surface area contributed by atoms with Gasteiger partial charge in [-0.15, -0.1) is 0 Å². The van der Waals surface area contributed by atoms with Gasteiger partial charge in [0, 0.05) is 305 Å². The second-order valence-electron chi connectivity index (χ2n) is 46.6. The van der Waals surface area contributed by atoms with Crippen molar-refractivity contribution in [3.05, 3.63) is 299 Å². The Morgan fingerprint density at radius 3 is 0.671 bits per heavy atom. The number of fused-ring (bicyclic) bond motifs is 9. The van der Waals surface area contributed by atoms with E-state index in [1.54, 1.807) is 0 Å². The van der Waals surface area contributed by atoms with Gasteiger partial charge in [-0.05, 0) is 125 Å². The molecule has 18 aromatic heterocycles. The molecule has 0 spiro atoms. The first-order chi connectivity index (χ1) is 70.2. The number of hydrogen-bond donors (Lipinski definition) is 0. The molecule has 0 aliphatic heterocycles. The van der Waals surface area contributed by atoms with Crippen LogP contribution in [0.4, 0.5) is 0 Å². The molecule has 18 nitrogen and oxygen atoms in total. The van der Waals surface area contributed by atoms with Gasteiger partial charge in [0.15, 0.2) is 51.2 Å². The van der Waals surface area contributed by atoms with Crippen LogP contribution in [-0.4, -0.2) is 63.1 Å². The van der Waals surface area contributed by atoms with Crippen molar-refractivity contribution in [1.82, 2.24) is 63.1 Å². The number of nitrogens with zero attached hydrogens (tertiary/aromatic N) is 18. The van der Waals surface area contributed by atoms with E-state index in [0.717, 1.165) is 5.52 Å². The summed E-state index contributed by atoms with van der Waals surface area (Å²) >= 11 is 0. The van der Waals surface area contributed by atoms with E-state index >= 15 is 0 Å². The molecule has 0 unspecified atom stereocenters. The average Bonchev–Trinajstić information content (AvgIpc) is 1.29. The normalized spacial score (nSPS) is 11.8. The minimum absolute atomic E-state index is 0.482. The summed E-state index contributed by atoms with van der Waals surface area (Å²) in [5.74, 6) is 9.42. The summed E-state index contributed by atoms with van der Waals surface area (Å²) in [5, 5.41) is 19.5. The summed E-state index contributed by atoms with van der Waals surface area (Å²) in [5.41, 5.74) is 28.3. The standard InChI is InChI=1S/5C15H21N2.4C14H20N2/c2*1-10(2)14-8-12-9-16-7-6-13(12)15(11(3)4)17(14)5;2*1-10(2)14-8-12-6-7-16-9-13(12)15(11(3)4)17(14)5;1-10(2)13-9-12-7-6-8-16-14(12)15(11(3)4)17(13)5;2*1-9(2)13-11-6-7-15-8-12(11)14(10(3)4)16(13)5;2*1-9(2)13-11-7-6-8-15-12(11)14(10(3)4)16(13)5/h5*6-11H,1-5H3;4*6-10H,1-5H3/q5*+1;;;;. The Hall–Kier alpha value is -12.4. The van der Waals surface area contributed by atoms with Crippen LogP contribution in [0.25, 0.3) is 97.3 Å². The van der Waals surface area contributed by atoms with Gasteiger partial charge in [-0.2, -0.15) is 0 Å². The minimum Gasteiger partial charge on any atom is -0.350 e. The quantitative estimate of drug-likeness (QED) is 0.0763. The number of pyridine rings is 14. The van der Waals surface area contributed by atoms with E-state index in [4.69, 9.17) is 0 Å². The smallest absolute Gasteiger partial charge is 0.210 e. The van der Waals surface area contributed by atoms with Crippen LogP contribution in [-0.2, 0) is 63.4 Å². The molecule has 0 atom stereocenters. The molecule has 0 N–H and O–H groups in total. The molecule has 0 amide bonds. The Kier molecular flexibility index (Phi) is 41.2. The molecule has 0 aliphatic rings. The lowest BCUT2D eigenvalue weighted by atomic mass is 9.99. The Morgan fingerprint density at radius 1 is 0.174 bits per heavy atom. The van der Waals surface area contributed by atoms with Gasteiger partial charge >= 0.3 is 0 Å². The second-order valence-corrected chi connectivity index (χ2v) is 46.6. The lowest BCUT2D eigenvalue weighted by Gasteiger charge is -2.12. The van der Waals surface area contributed by atoms with Crippen LogP contribution in [0.15, 0.2) is 196 Å². The Labute approximate surface area is 895 Å². The molecule has 18 heterocycles. The lowest BCUT2D eigenvalue weighted by molar-refractivity contribution is -0.687. The number of hydrogen-bond acceptors (Lipinski definition) is 9. The predicted octanol–water partition coefficient (Wildman–Crippen LogP) is 31.8. The molecular formula is C131H185N18+5. The van der Waals surface area contributed by atoms with Gasteiger partial charge in [0.25, 0.3) is 0 Å². The van der Waals surface area contributed by atoms with Crippen LogP contribution in [0.3, 0.4) is 0 Å². The van der Waals surface area contributed by atoms with Crippen molar-refractivity contribution in [2.45, 2.75) is 356 Å². The van der Waals surface area contributed by atoms with Gasteiger partial charge in [0.2, 0.25) is 5.69 Å². The largest absolute Gasteiger partial charge is 0.350 e. The van der Waals surface area contributed by atoms with E-state index in [-0.39, 0.29) is 0 Å². The summed E-state index contributed by atoms with van der Waals surface area (Å²) in [4.78, 5) is 39.1. The topological polar surface area (TPSA) is 155 Å². The highest BCUT2D eigenvalue weighted by Gasteiger charge is 2.31. The SMILES string of the molecule is CC(C)c1c2cccnc2c(C(C)C)n1C.CC(C)c1c2cccnc2c(C(C)C)n1C.CC(C)c1c2ccncc2c(C(C)C)n1C.CC(C)c1c2ccncc2c(C(C)C)n1C.CC(C)c1cc2cccnc2c(C(C)C)[n+]1C.CC(C)c1cc2ccncc2c(C(C)C)[n+]1C.CC(C)c1cc2ccncc2c(C(C)C)[n+]1C.CC(C)c1cc2cnccc2c(C(C)C)[n+]1C.CC(C)c1cc2cnccc2c(C(C)C)[n+]1C. The lowest BCUT2D eigenvalue weighted by Crippen LogP contribution is -2.40. The fraction of sp³-hybridized carbons (Fsp3) is 0.481. The summed E-state index contributed by atoms with van der Waals surface area (Å²) < 4.78 is 21.0. The van der Waals surface area contributed by atoms with Gasteiger partial charge in [0.1, 0.15) is 40.8 Å². The molecule has 0 radical (unpaired) electrons.